The number of carbonyl (C=O) groups excluding carboxylic acids is 1. The highest BCUT2D eigenvalue weighted by atomic mass is 31.2. The average Bonchev–Trinajstić information content (AvgIpc) is 3.56. The van der Waals surface area contributed by atoms with E-state index in [1.807, 2.05) is 27.2 Å². The first-order valence-corrected chi connectivity index (χ1v) is 35.4. The van der Waals surface area contributed by atoms with Crippen LogP contribution in [-0.2, 0) is 18.4 Å². The number of amides is 1. The highest BCUT2D eigenvalue weighted by Crippen LogP contribution is 2.43. The second-order valence-electron chi connectivity index (χ2n) is 23.4. The van der Waals surface area contributed by atoms with E-state index in [0.717, 1.165) is 135 Å². The van der Waals surface area contributed by atoms with E-state index in [4.69, 9.17) is 9.05 Å². The van der Waals surface area contributed by atoms with Crippen molar-refractivity contribution in [3.63, 3.8) is 0 Å². The number of rotatable bonds is 60. The lowest BCUT2D eigenvalue weighted by Crippen LogP contribution is -2.45. The van der Waals surface area contributed by atoms with Crippen LogP contribution in [0.4, 0.5) is 0 Å². The Morgan fingerprint density at radius 3 is 1.10 bits per heavy atom. The van der Waals surface area contributed by atoms with Crippen LogP contribution in [0.25, 0.3) is 0 Å². The van der Waals surface area contributed by atoms with Crippen LogP contribution in [0.1, 0.15) is 258 Å². The highest BCUT2D eigenvalue weighted by molar-refractivity contribution is 7.47. The van der Waals surface area contributed by atoms with Crippen LogP contribution < -0.4 is 5.32 Å². The predicted octanol–water partition coefficient (Wildman–Crippen LogP) is 21.8. The lowest BCUT2D eigenvalue weighted by Gasteiger charge is -2.25. The van der Waals surface area contributed by atoms with Crippen LogP contribution >= 0.6 is 7.82 Å². The molecule has 3 unspecified atom stereocenters. The fourth-order valence-corrected chi connectivity index (χ4v) is 9.72. The summed E-state index contributed by atoms with van der Waals surface area (Å²) in [6, 6.07) is -0.892. The number of carbonyl (C=O) groups is 1. The van der Waals surface area contributed by atoms with Crippen molar-refractivity contribution in [1.82, 2.24) is 5.32 Å². The average molecular weight is 1180 g/mol. The summed E-state index contributed by atoms with van der Waals surface area (Å²) < 4.78 is 23.7. The number of allylic oxidation sites excluding steroid dienone is 25. The zero-order valence-corrected chi connectivity index (χ0v) is 55.5. The summed E-state index contributed by atoms with van der Waals surface area (Å²) >= 11 is 0. The van der Waals surface area contributed by atoms with Crippen LogP contribution in [0.3, 0.4) is 0 Å². The van der Waals surface area contributed by atoms with Crippen molar-refractivity contribution in [3.05, 3.63) is 158 Å². The van der Waals surface area contributed by atoms with E-state index in [-0.39, 0.29) is 19.1 Å². The largest absolute Gasteiger partial charge is 0.472 e. The molecular weight excluding hydrogens is 1060 g/mol. The van der Waals surface area contributed by atoms with Crippen LogP contribution in [0.2, 0.25) is 0 Å². The predicted molar refractivity (Wildman–Crippen MR) is 368 cm³/mol. The van der Waals surface area contributed by atoms with E-state index in [0.29, 0.717) is 17.4 Å². The fourth-order valence-electron chi connectivity index (χ4n) is 8.98. The molecule has 478 valence electrons. The maximum absolute atomic E-state index is 13.0. The van der Waals surface area contributed by atoms with Gasteiger partial charge in [-0.1, -0.05) is 287 Å². The SMILES string of the molecule is CC/C=C\C/C=C\C/C=C\C/C=C\C/C=C\C/C=C\C/C=C\C/C=C\C/C=C\C/C=C\CCCCCCCCC(=O)NC(COP(=O)(O)OCC[N+](C)(C)C)C(O)/C=C/CC/C=C/CC/C=C/CCCCCCCCCCCCCCCCC. The second-order valence-corrected chi connectivity index (χ2v) is 24.9. The van der Waals surface area contributed by atoms with Gasteiger partial charge >= 0.3 is 7.82 Å². The normalized spacial score (nSPS) is 14.7. The van der Waals surface area contributed by atoms with Crippen LogP contribution in [0.5, 0.6) is 0 Å². The molecule has 0 aromatic heterocycles. The molecule has 0 aromatic rings. The first-order chi connectivity index (χ1) is 41.0. The van der Waals surface area contributed by atoms with Crippen molar-refractivity contribution >= 4 is 13.7 Å². The van der Waals surface area contributed by atoms with Gasteiger partial charge in [0.1, 0.15) is 13.2 Å². The Kier molecular flexibility index (Phi) is 60.7. The lowest BCUT2D eigenvalue weighted by molar-refractivity contribution is -0.870. The molecule has 0 aromatic carbocycles. The summed E-state index contributed by atoms with van der Waals surface area (Å²) in [5.74, 6) is -0.211. The van der Waals surface area contributed by atoms with Gasteiger partial charge < -0.3 is 19.8 Å². The molecule has 9 heteroatoms. The maximum atomic E-state index is 13.0. The van der Waals surface area contributed by atoms with Gasteiger partial charge in [-0.05, 0) is 122 Å². The number of hydrogen-bond donors (Lipinski definition) is 3. The van der Waals surface area contributed by atoms with Crippen LogP contribution in [0.15, 0.2) is 158 Å². The third-order valence-electron chi connectivity index (χ3n) is 14.2. The molecule has 0 radical (unpaired) electrons. The molecule has 0 aliphatic carbocycles. The molecule has 0 saturated heterocycles. The van der Waals surface area contributed by atoms with Gasteiger partial charge in [-0.3, -0.25) is 13.8 Å². The zero-order chi connectivity index (χ0) is 61.2. The summed E-state index contributed by atoms with van der Waals surface area (Å²) in [5, 5.41) is 13.9. The molecule has 0 aliphatic rings. The Balaban J connectivity index is 4.27. The summed E-state index contributed by atoms with van der Waals surface area (Å²) in [5.41, 5.74) is 0. The summed E-state index contributed by atoms with van der Waals surface area (Å²) in [4.78, 5) is 23.4. The molecule has 84 heavy (non-hydrogen) atoms. The molecule has 8 nitrogen and oxygen atoms in total. The van der Waals surface area contributed by atoms with Gasteiger partial charge in [0.15, 0.2) is 0 Å². The van der Waals surface area contributed by atoms with E-state index in [2.05, 4.69) is 165 Å². The van der Waals surface area contributed by atoms with Crippen molar-refractivity contribution in [2.45, 2.75) is 270 Å². The highest BCUT2D eigenvalue weighted by Gasteiger charge is 2.27. The second kappa shape index (κ2) is 63.6. The van der Waals surface area contributed by atoms with Gasteiger partial charge in [-0.25, -0.2) is 4.57 Å². The summed E-state index contributed by atoms with van der Waals surface area (Å²) in [7, 11) is 1.52. The minimum Gasteiger partial charge on any atom is -0.387 e. The molecule has 0 heterocycles. The van der Waals surface area contributed by atoms with Crippen molar-refractivity contribution in [2.24, 2.45) is 0 Å². The molecule has 0 spiro atoms. The Morgan fingerprint density at radius 2 is 0.726 bits per heavy atom. The number of aliphatic hydroxyl groups excluding tert-OH is 1. The molecule has 0 saturated carbocycles. The van der Waals surface area contributed by atoms with Crippen molar-refractivity contribution in [3.8, 4) is 0 Å². The van der Waals surface area contributed by atoms with Crippen LogP contribution in [0, 0.1) is 0 Å². The summed E-state index contributed by atoms with van der Waals surface area (Å²) in [6.45, 7) is 4.66. The number of phosphoric acid groups is 1. The van der Waals surface area contributed by atoms with E-state index in [1.54, 1.807) is 6.08 Å². The number of hydrogen-bond acceptors (Lipinski definition) is 5. The number of quaternary nitrogens is 1. The third-order valence-corrected chi connectivity index (χ3v) is 15.2. The van der Waals surface area contributed by atoms with Gasteiger partial charge in [0.05, 0.1) is 39.9 Å². The Morgan fingerprint density at radius 1 is 0.417 bits per heavy atom. The van der Waals surface area contributed by atoms with Crippen molar-refractivity contribution < 1.29 is 32.9 Å². The maximum Gasteiger partial charge on any atom is 0.472 e. The third kappa shape index (κ3) is 65.7. The molecule has 0 rings (SSSR count). The molecule has 0 bridgehead atoms. The van der Waals surface area contributed by atoms with E-state index in [9.17, 15) is 19.4 Å². The number of aliphatic hydroxyl groups is 1. The van der Waals surface area contributed by atoms with Gasteiger partial charge in [0.2, 0.25) is 5.91 Å². The first-order valence-electron chi connectivity index (χ1n) is 33.9. The minimum atomic E-state index is -4.38. The monoisotopic (exact) mass is 1180 g/mol. The van der Waals surface area contributed by atoms with Crippen molar-refractivity contribution in [2.75, 3.05) is 40.9 Å². The number of nitrogens with zero attached hydrogens (tertiary/aromatic N) is 1. The van der Waals surface area contributed by atoms with Crippen molar-refractivity contribution in [1.29, 1.82) is 0 Å². The van der Waals surface area contributed by atoms with Crippen LogP contribution in [-0.4, -0.2) is 73.4 Å². The number of likely N-dealkylation sites (N-methyl/N-ethyl adjacent to an activating group) is 1. The smallest absolute Gasteiger partial charge is 0.387 e. The van der Waals surface area contributed by atoms with Gasteiger partial charge in [0.25, 0.3) is 0 Å². The summed E-state index contributed by atoms with van der Waals surface area (Å²) in [6.07, 6.45) is 99.5. The molecule has 1 amide bonds. The first kappa shape index (κ1) is 80.1. The quantitative estimate of drug-likeness (QED) is 0.0243. The Labute approximate surface area is 518 Å². The lowest BCUT2D eigenvalue weighted by atomic mass is 10.0. The number of unbranched alkanes of at least 4 members (excludes halogenated alkanes) is 23. The topological polar surface area (TPSA) is 105 Å². The number of phosphoric ester groups is 1. The van der Waals surface area contributed by atoms with E-state index in [1.165, 1.54) is 103 Å². The van der Waals surface area contributed by atoms with Gasteiger partial charge in [0, 0.05) is 6.42 Å². The van der Waals surface area contributed by atoms with E-state index < -0.39 is 20.0 Å². The standard InChI is InChI=1S/C75H127N2O6P/c1-6-8-10-12-14-16-18-20-22-24-26-28-30-32-33-34-35-36-37-38-39-40-41-42-43-45-47-49-51-53-55-57-59-61-63-65-67-69-75(79)76-73(72-83-84(80,81)82-71-70-77(3,4)5)74(78)68-66-64-62-60-58-56-54-52-50-48-46-44-31-29-27-25-23-21-19-17-15-13-11-9-7-2/h8,10,14,16,20,22,26,28,32-33,35-36,38-39,41-42,45,47,50-53,58,60,66,68,73-74,78H,6-7,9,11-13,15,17-19,21,23-25,27,29-31,34,37,40,43-44,46,48-49,54-57,59,61-65,67,69-72H2,1-5H3,(H-,76,79,80,81)/p+1/b10-8-,16-14-,22-20-,28-26-,33-32-,36-35-,39-38-,42-41-,47-45-,52-50+,53-51-,60-58+,68-66+. The Bertz CT molecular complexity index is 1930. The molecular formula is C75H128N2O6P+. The Hall–Kier alpha value is -3.88. The van der Waals surface area contributed by atoms with E-state index >= 15 is 0 Å². The molecule has 0 aliphatic heterocycles. The molecule has 0 fully saturated rings. The minimum absolute atomic E-state index is 0.0419. The van der Waals surface area contributed by atoms with Gasteiger partial charge in [-0.15, -0.1) is 0 Å². The zero-order valence-electron chi connectivity index (χ0n) is 54.6. The molecule has 3 atom stereocenters. The van der Waals surface area contributed by atoms with Gasteiger partial charge in [-0.2, -0.15) is 0 Å². The molecule has 3 N–H and O–H groups in total. The number of nitrogens with one attached hydrogen (secondary N) is 1. The fraction of sp³-hybridized carbons (Fsp3) is 0.640.